The summed E-state index contributed by atoms with van der Waals surface area (Å²) in [5.41, 5.74) is 2.48. The number of nitrogens with one attached hydrogen (secondary N) is 2. The third kappa shape index (κ3) is 2.85. The smallest absolute Gasteiger partial charge is 0.243 e. The molecule has 0 aliphatic carbocycles. The van der Waals surface area contributed by atoms with Crippen LogP contribution in [0.1, 0.15) is 11.1 Å². The molecule has 0 saturated heterocycles. The minimum atomic E-state index is -0.484. The topological polar surface area (TPSA) is 41.1 Å². The van der Waals surface area contributed by atoms with Crippen molar-refractivity contribution < 1.29 is 9.18 Å². The highest BCUT2D eigenvalue weighted by Crippen LogP contribution is 2.25. The summed E-state index contributed by atoms with van der Waals surface area (Å²) in [4.78, 5) is 12.2. The molecule has 3 rings (SSSR count). The second-order valence-electron chi connectivity index (χ2n) is 4.99. The number of hydrogen-bond acceptors (Lipinski definition) is 2. The van der Waals surface area contributed by atoms with Crippen LogP contribution in [-0.4, -0.2) is 11.9 Å². The molecule has 0 unspecified atom stereocenters. The summed E-state index contributed by atoms with van der Waals surface area (Å²) in [6.45, 7) is 0.125. The van der Waals surface area contributed by atoms with E-state index in [0.29, 0.717) is 12.0 Å². The van der Waals surface area contributed by atoms with Crippen LogP contribution in [0, 0.1) is 5.82 Å². The lowest BCUT2D eigenvalue weighted by Gasteiger charge is -2.12. The van der Waals surface area contributed by atoms with Crippen molar-refractivity contribution >= 4 is 23.2 Å². The Morgan fingerprint density at radius 2 is 2.10 bits per heavy atom. The van der Waals surface area contributed by atoms with Crippen molar-refractivity contribution in [3.8, 4) is 0 Å². The van der Waals surface area contributed by atoms with E-state index >= 15 is 0 Å². The zero-order valence-electron chi connectivity index (χ0n) is 11.2. The fourth-order valence-electron chi connectivity index (χ4n) is 2.45. The molecular formula is C16H14ClFN2O. The number of benzene rings is 2. The number of anilines is 1. The van der Waals surface area contributed by atoms with E-state index in [0.717, 1.165) is 11.3 Å². The van der Waals surface area contributed by atoms with Crippen LogP contribution in [0.3, 0.4) is 0 Å². The largest absolute Gasteiger partial charge is 0.373 e. The van der Waals surface area contributed by atoms with Crippen LogP contribution in [-0.2, 0) is 17.8 Å². The molecule has 108 valence electrons. The molecule has 21 heavy (non-hydrogen) atoms. The molecule has 0 spiro atoms. The summed E-state index contributed by atoms with van der Waals surface area (Å²) >= 11 is 5.72. The van der Waals surface area contributed by atoms with Gasteiger partial charge in [-0.3, -0.25) is 4.79 Å². The SMILES string of the molecule is O=C(NCc1cccc(Cl)c1F)[C@@H]1Cc2ccccc2N1. The van der Waals surface area contributed by atoms with Crippen LogP contribution in [0.4, 0.5) is 10.1 Å². The molecule has 3 nitrogen and oxygen atoms in total. The van der Waals surface area contributed by atoms with Gasteiger partial charge >= 0.3 is 0 Å². The zero-order chi connectivity index (χ0) is 14.8. The van der Waals surface area contributed by atoms with E-state index in [-0.39, 0.29) is 23.5 Å². The molecule has 0 radical (unpaired) electrons. The van der Waals surface area contributed by atoms with Gasteiger partial charge in [-0.1, -0.05) is 41.9 Å². The van der Waals surface area contributed by atoms with E-state index in [9.17, 15) is 9.18 Å². The van der Waals surface area contributed by atoms with Crippen molar-refractivity contribution in [2.24, 2.45) is 0 Å². The third-order valence-corrected chi connectivity index (χ3v) is 3.86. The number of carbonyl (C=O) groups is 1. The maximum atomic E-state index is 13.7. The summed E-state index contributed by atoms with van der Waals surface area (Å²) in [6, 6.07) is 12.2. The van der Waals surface area contributed by atoms with Gasteiger partial charge in [-0.2, -0.15) is 0 Å². The average Bonchev–Trinajstić information content (AvgIpc) is 2.92. The van der Waals surface area contributed by atoms with Crippen LogP contribution >= 0.6 is 11.6 Å². The Bertz CT molecular complexity index is 665. The van der Waals surface area contributed by atoms with Gasteiger partial charge in [-0.05, 0) is 17.7 Å². The van der Waals surface area contributed by atoms with Gasteiger partial charge < -0.3 is 10.6 Å². The minimum absolute atomic E-state index is 0.0631. The van der Waals surface area contributed by atoms with E-state index in [1.807, 2.05) is 24.3 Å². The van der Waals surface area contributed by atoms with E-state index in [4.69, 9.17) is 11.6 Å². The Kier molecular flexibility index (Phi) is 3.80. The normalized spacial score (nSPS) is 16.2. The first-order valence-electron chi connectivity index (χ1n) is 6.70. The first-order valence-corrected chi connectivity index (χ1v) is 7.08. The molecule has 0 bridgehead atoms. The number of rotatable bonds is 3. The van der Waals surface area contributed by atoms with Crippen molar-refractivity contribution in [3.05, 3.63) is 64.4 Å². The third-order valence-electron chi connectivity index (χ3n) is 3.57. The molecule has 1 aliphatic rings. The molecule has 2 aromatic carbocycles. The van der Waals surface area contributed by atoms with Gasteiger partial charge in [-0.25, -0.2) is 4.39 Å². The van der Waals surface area contributed by atoms with Crippen molar-refractivity contribution in [2.45, 2.75) is 19.0 Å². The number of amides is 1. The fourth-order valence-corrected chi connectivity index (χ4v) is 2.64. The lowest BCUT2D eigenvalue weighted by atomic mass is 10.1. The van der Waals surface area contributed by atoms with Gasteiger partial charge in [0.15, 0.2) is 0 Å². The van der Waals surface area contributed by atoms with Crippen LogP contribution in [0.15, 0.2) is 42.5 Å². The first kappa shape index (κ1) is 13.9. The van der Waals surface area contributed by atoms with Gasteiger partial charge in [0.05, 0.1) is 5.02 Å². The molecule has 2 aromatic rings. The number of hydrogen-bond donors (Lipinski definition) is 2. The summed E-state index contributed by atoms with van der Waals surface area (Å²) in [5, 5.41) is 5.97. The van der Waals surface area contributed by atoms with Gasteiger partial charge in [0.1, 0.15) is 11.9 Å². The van der Waals surface area contributed by atoms with Crippen molar-refractivity contribution in [3.63, 3.8) is 0 Å². The first-order chi connectivity index (χ1) is 10.1. The molecule has 5 heteroatoms. The van der Waals surface area contributed by atoms with E-state index in [1.165, 1.54) is 6.07 Å². The quantitative estimate of drug-likeness (QED) is 0.914. The van der Waals surface area contributed by atoms with E-state index in [1.54, 1.807) is 12.1 Å². The molecule has 1 aliphatic heterocycles. The van der Waals surface area contributed by atoms with Crippen LogP contribution in [0.2, 0.25) is 5.02 Å². The highest BCUT2D eigenvalue weighted by Gasteiger charge is 2.26. The number of halogens is 2. The molecule has 2 N–H and O–H groups in total. The number of carbonyl (C=O) groups excluding carboxylic acids is 1. The Morgan fingerprint density at radius 1 is 1.29 bits per heavy atom. The monoisotopic (exact) mass is 304 g/mol. The lowest BCUT2D eigenvalue weighted by Crippen LogP contribution is -2.38. The number of fused-ring (bicyclic) bond motifs is 1. The summed E-state index contributed by atoms with van der Waals surface area (Å²) in [7, 11) is 0. The van der Waals surface area contributed by atoms with E-state index in [2.05, 4.69) is 10.6 Å². The number of para-hydroxylation sites is 1. The summed E-state index contributed by atoms with van der Waals surface area (Å²) < 4.78 is 13.7. The highest BCUT2D eigenvalue weighted by atomic mass is 35.5. The second-order valence-corrected chi connectivity index (χ2v) is 5.40. The van der Waals surface area contributed by atoms with Gasteiger partial charge in [0, 0.05) is 24.2 Å². The zero-order valence-corrected chi connectivity index (χ0v) is 12.0. The van der Waals surface area contributed by atoms with Gasteiger partial charge in [-0.15, -0.1) is 0 Å². The molecule has 1 amide bonds. The summed E-state index contributed by atoms with van der Waals surface area (Å²) in [5.74, 6) is -0.632. The molecule has 1 heterocycles. The van der Waals surface area contributed by atoms with Crippen molar-refractivity contribution in [1.29, 1.82) is 0 Å². The molecule has 0 saturated carbocycles. The highest BCUT2D eigenvalue weighted by molar-refractivity contribution is 6.30. The maximum Gasteiger partial charge on any atom is 0.243 e. The van der Waals surface area contributed by atoms with Crippen LogP contribution < -0.4 is 10.6 Å². The van der Waals surface area contributed by atoms with Gasteiger partial charge in [0.2, 0.25) is 5.91 Å². The maximum absolute atomic E-state index is 13.7. The van der Waals surface area contributed by atoms with Crippen LogP contribution in [0.25, 0.3) is 0 Å². The predicted octanol–water partition coefficient (Wildman–Crippen LogP) is 3.13. The van der Waals surface area contributed by atoms with Crippen molar-refractivity contribution in [1.82, 2.24) is 5.32 Å². The van der Waals surface area contributed by atoms with Crippen LogP contribution in [0.5, 0.6) is 0 Å². The van der Waals surface area contributed by atoms with Gasteiger partial charge in [0.25, 0.3) is 0 Å². The predicted molar refractivity (Wildman–Crippen MR) is 80.8 cm³/mol. The Hall–Kier alpha value is -2.07. The van der Waals surface area contributed by atoms with Crippen molar-refractivity contribution in [2.75, 3.05) is 5.32 Å². The Balaban J connectivity index is 1.62. The lowest BCUT2D eigenvalue weighted by molar-refractivity contribution is -0.121. The minimum Gasteiger partial charge on any atom is -0.373 e. The Morgan fingerprint density at radius 3 is 2.90 bits per heavy atom. The molecule has 0 fully saturated rings. The molecule has 1 atom stereocenters. The second kappa shape index (κ2) is 5.74. The average molecular weight is 305 g/mol. The molecular weight excluding hydrogens is 291 g/mol. The van der Waals surface area contributed by atoms with E-state index < -0.39 is 5.82 Å². The summed E-state index contributed by atoms with van der Waals surface area (Å²) in [6.07, 6.45) is 0.639. The standard InChI is InChI=1S/C16H14ClFN2O/c17-12-6-3-5-11(15(12)18)9-19-16(21)14-8-10-4-1-2-7-13(10)20-14/h1-7,14,20H,8-9H2,(H,19,21)/t14-/m0/s1. The Labute approximate surface area is 127 Å². The fraction of sp³-hybridized carbons (Fsp3) is 0.188. The molecule has 0 aromatic heterocycles.